The molecule has 82 valence electrons. The van der Waals surface area contributed by atoms with E-state index in [0.717, 1.165) is 6.42 Å². The van der Waals surface area contributed by atoms with Gasteiger partial charge in [0.25, 0.3) is 0 Å². The molecule has 1 amide bonds. The molecule has 0 atom stereocenters. The summed E-state index contributed by atoms with van der Waals surface area (Å²) >= 11 is 11.6. The minimum atomic E-state index is -0.527. The number of rotatable bonds is 3. The van der Waals surface area contributed by atoms with Crippen molar-refractivity contribution in [1.29, 1.82) is 0 Å². The molecule has 0 aliphatic heterocycles. The van der Waals surface area contributed by atoms with E-state index in [-0.39, 0.29) is 0 Å². The van der Waals surface area contributed by atoms with Gasteiger partial charge in [-0.15, -0.1) is 0 Å². The van der Waals surface area contributed by atoms with Crippen LogP contribution in [0, 0.1) is 0 Å². The van der Waals surface area contributed by atoms with Crippen molar-refractivity contribution in [3.8, 4) is 0 Å². The zero-order chi connectivity index (χ0) is 11.3. The summed E-state index contributed by atoms with van der Waals surface area (Å²) in [4.78, 5) is 11.2. The van der Waals surface area contributed by atoms with Crippen LogP contribution in [0.1, 0.15) is 13.3 Å². The molecule has 1 aromatic carbocycles. The van der Waals surface area contributed by atoms with Crippen LogP contribution in [-0.2, 0) is 4.74 Å². The summed E-state index contributed by atoms with van der Waals surface area (Å²) in [5.41, 5.74) is 0.449. The first-order valence-electron chi connectivity index (χ1n) is 4.53. The summed E-state index contributed by atoms with van der Waals surface area (Å²) in [6, 6.07) is 5.00. The third kappa shape index (κ3) is 3.61. The van der Waals surface area contributed by atoms with Gasteiger partial charge >= 0.3 is 6.09 Å². The standard InChI is InChI=1S/C10H11Cl2NO2/c1-2-6-15-10(14)13-8-5-3-4-7(11)9(8)12/h3-5H,2,6H2,1H3,(H,13,14). The smallest absolute Gasteiger partial charge is 0.411 e. The molecule has 1 N–H and O–H groups in total. The molecule has 0 heterocycles. The summed E-state index contributed by atoms with van der Waals surface area (Å²) in [5, 5.41) is 3.21. The van der Waals surface area contributed by atoms with Gasteiger partial charge in [-0.05, 0) is 18.6 Å². The molecule has 0 radical (unpaired) electrons. The number of nitrogens with one attached hydrogen (secondary N) is 1. The van der Waals surface area contributed by atoms with Crippen molar-refractivity contribution in [1.82, 2.24) is 0 Å². The molecule has 0 saturated heterocycles. The normalized spacial score (nSPS) is 9.80. The lowest BCUT2D eigenvalue weighted by Crippen LogP contribution is -2.14. The highest BCUT2D eigenvalue weighted by molar-refractivity contribution is 6.43. The second-order valence-corrected chi connectivity index (χ2v) is 3.65. The van der Waals surface area contributed by atoms with E-state index in [2.05, 4.69) is 5.32 Å². The van der Waals surface area contributed by atoms with Crippen LogP contribution in [0.4, 0.5) is 10.5 Å². The van der Waals surface area contributed by atoms with Crippen LogP contribution in [0.5, 0.6) is 0 Å². The van der Waals surface area contributed by atoms with E-state index in [0.29, 0.717) is 22.3 Å². The molecule has 0 aliphatic rings. The zero-order valence-electron chi connectivity index (χ0n) is 8.22. The van der Waals surface area contributed by atoms with Crippen LogP contribution < -0.4 is 5.32 Å². The predicted octanol–water partition coefficient (Wildman–Crippen LogP) is 3.95. The Labute approximate surface area is 98.3 Å². The maximum absolute atomic E-state index is 11.2. The van der Waals surface area contributed by atoms with Gasteiger partial charge in [-0.2, -0.15) is 0 Å². The van der Waals surface area contributed by atoms with Crippen LogP contribution in [0.2, 0.25) is 10.0 Å². The summed E-state index contributed by atoms with van der Waals surface area (Å²) < 4.78 is 4.84. The van der Waals surface area contributed by atoms with Crippen molar-refractivity contribution < 1.29 is 9.53 Å². The van der Waals surface area contributed by atoms with Gasteiger partial charge in [-0.1, -0.05) is 36.2 Å². The van der Waals surface area contributed by atoms with Crippen molar-refractivity contribution in [3.63, 3.8) is 0 Å². The highest BCUT2D eigenvalue weighted by Gasteiger charge is 2.08. The Kier molecular flexibility index (Phi) is 4.72. The minimum absolute atomic E-state index is 0.313. The fraction of sp³-hybridized carbons (Fsp3) is 0.300. The number of hydrogen-bond donors (Lipinski definition) is 1. The summed E-state index contributed by atoms with van der Waals surface area (Å²) in [6.07, 6.45) is 0.248. The van der Waals surface area contributed by atoms with E-state index in [4.69, 9.17) is 27.9 Å². The van der Waals surface area contributed by atoms with Gasteiger partial charge in [0.1, 0.15) is 0 Å². The Bertz CT molecular complexity index is 355. The highest BCUT2D eigenvalue weighted by atomic mass is 35.5. The molecule has 0 aliphatic carbocycles. The molecule has 3 nitrogen and oxygen atoms in total. The molecule has 0 bridgehead atoms. The molecule has 1 aromatic rings. The first-order chi connectivity index (χ1) is 7.15. The lowest BCUT2D eigenvalue weighted by molar-refractivity contribution is 0.161. The molecular formula is C10H11Cl2NO2. The second-order valence-electron chi connectivity index (χ2n) is 2.86. The van der Waals surface area contributed by atoms with Crippen LogP contribution in [0.3, 0.4) is 0 Å². The third-order valence-corrected chi connectivity index (χ3v) is 2.44. The molecule has 0 spiro atoms. The predicted molar refractivity (Wildman–Crippen MR) is 61.7 cm³/mol. The molecular weight excluding hydrogens is 237 g/mol. The Morgan fingerprint density at radius 3 is 2.87 bits per heavy atom. The number of amides is 1. The van der Waals surface area contributed by atoms with Crippen LogP contribution in [0.15, 0.2) is 18.2 Å². The number of carbonyl (C=O) groups excluding carboxylic acids is 1. The average molecular weight is 248 g/mol. The Hall–Kier alpha value is -0.930. The van der Waals surface area contributed by atoms with E-state index < -0.39 is 6.09 Å². The van der Waals surface area contributed by atoms with Crippen molar-refractivity contribution in [2.75, 3.05) is 11.9 Å². The van der Waals surface area contributed by atoms with E-state index in [9.17, 15) is 4.79 Å². The van der Waals surface area contributed by atoms with E-state index >= 15 is 0 Å². The number of halogens is 2. The van der Waals surface area contributed by atoms with Gasteiger partial charge in [0.2, 0.25) is 0 Å². The fourth-order valence-corrected chi connectivity index (χ4v) is 1.29. The van der Waals surface area contributed by atoms with Gasteiger partial charge < -0.3 is 4.74 Å². The topological polar surface area (TPSA) is 38.3 Å². The number of carbonyl (C=O) groups is 1. The number of benzene rings is 1. The molecule has 15 heavy (non-hydrogen) atoms. The Morgan fingerprint density at radius 1 is 1.47 bits per heavy atom. The first-order valence-corrected chi connectivity index (χ1v) is 5.28. The minimum Gasteiger partial charge on any atom is -0.449 e. The van der Waals surface area contributed by atoms with Crippen LogP contribution in [0.25, 0.3) is 0 Å². The summed E-state index contributed by atoms with van der Waals surface area (Å²) in [6.45, 7) is 2.30. The monoisotopic (exact) mass is 247 g/mol. The lowest BCUT2D eigenvalue weighted by Gasteiger charge is -2.08. The van der Waals surface area contributed by atoms with Crippen molar-refractivity contribution >= 4 is 35.0 Å². The van der Waals surface area contributed by atoms with E-state index in [1.807, 2.05) is 6.92 Å². The highest BCUT2D eigenvalue weighted by Crippen LogP contribution is 2.29. The summed E-state index contributed by atoms with van der Waals surface area (Å²) in [7, 11) is 0. The van der Waals surface area contributed by atoms with Crippen molar-refractivity contribution in [3.05, 3.63) is 28.2 Å². The maximum Gasteiger partial charge on any atom is 0.411 e. The molecule has 0 aromatic heterocycles. The maximum atomic E-state index is 11.2. The Balaban J connectivity index is 2.64. The van der Waals surface area contributed by atoms with Gasteiger partial charge in [-0.3, -0.25) is 5.32 Å². The van der Waals surface area contributed by atoms with Crippen LogP contribution >= 0.6 is 23.2 Å². The van der Waals surface area contributed by atoms with Gasteiger partial charge in [0.15, 0.2) is 0 Å². The SMILES string of the molecule is CCCOC(=O)Nc1cccc(Cl)c1Cl. The van der Waals surface area contributed by atoms with Gasteiger partial charge in [-0.25, -0.2) is 4.79 Å². The first kappa shape index (κ1) is 12.1. The van der Waals surface area contributed by atoms with Crippen molar-refractivity contribution in [2.24, 2.45) is 0 Å². The number of ether oxygens (including phenoxy) is 1. The van der Waals surface area contributed by atoms with Crippen molar-refractivity contribution in [2.45, 2.75) is 13.3 Å². The largest absolute Gasteiger partial charge is 0.449 e. The summed E-state index contributed by atoms with van der Waals surface area (Å²) in [5.74, 6) is 0. The second kappa shape index (κ2) is 5.83. The third-order valence-electron chi connectivity index (χ3n) is 1.63. The average Bonchev–Trinajstić information content (AvgIpc) is 2.22. The molecule has 0 fully saturated rings. The zero-order valence-corrected chi connectivity index (χ0v) is 9.73. The fourth-order valence-electron chi connectivity index (χ4n) is 0.941. The molecule has 5 heteroatoms. The lowest BCUT2D eigenvalue weighted by atomic mass is 10.3. The quantitative estimate of drug-likeness (QED) is 0.879. The van der Waals surface area contributed by atoms with Gasteiger partial charge in [0.05, 0.1) is 22.3 Å². The molecule has 1 rings (SSSR count). The molecule has 0 saturated carbocycles. The Morgan fingerprint density at radius 2 is 2.20 bits per heavy atom. The molecule has 0 unspecified atom stereocenters. The van der Waals surface area contributed by atoms with E-state index in [1.54, 1.807) is 18.2 Å². The van der Waals surface area contributed by atoms with Crippen LogP contribution in [-0.4, -0.2) is 12.7 Å². The number of hydrogen-bond acceptors (Lipinski definition) is 2. The van der Waals surface area contributed by atoms with Gasteiger partial charge in [0, 0.05) is 0 Å². The van der Waals surface area contributed by atoms with E-state index in [1.165, 1.54) is 0 Å². The number of anilines is 1.